The number of carbonyl (C=O) groups is 2. The highest BCUT2D eigenvalue weighted by atomic mass is 35.5. The molecule has 2 aromatic rings. The van der Waals surface area contributed by atoms with Crippen LogP contribution in [0.1, 0.15) is 24.0 Å². The topological polar surface area (TPSA) is 84.9 Å². The standard InChI is InChI=1S/C21H22ClNO5/c1-27-19-13-15(7-11-20(24)23-12-2-3-21(25)26)6-10-18(19)28-14-16-4-8-17(22)9-5-16/h4-11,13H,2-3,12,14H2,1H3,(H,23,24)(H,25,26)/b11-7+. The molecule has 0 aromatic heterocycles. The minimum atomic E-state index is -0.879. The summed E-state index contributed by atoms with van der Waals surface area (Å²) in [6, 6.07) is 12.7. The van der Waals surface area contributed by atoms with E-state index in [1.54, 1.807) is 37.5 Å². The summed E-state index contributed by atoms with van der Waals surface area (Å²) >= 11 is 5.87. The van der Waals surface area contributed by atoms with Crippen molar-refractivity contribution in [3.05, 3.63) is 64.7 Å². The van der Waals surface area contributed by atoms with Crippen molar-refractivity contribution in [3.63, 3.8) is 0 Å². The summed E-state index contributed by atoms with van der Waals surface area (Å²) < 4.78 is 11.2. The lowest BCUT2D eigenvalue weighted by Gasteiger charge is -2.11. The van der Waals surface area contributed by atoms with E-state index in [9.17, 15) is 9.59 Å². The van der Waals surface area contributed by atoms with Gasteiger partial charge in [0.15, 0.2) is 11.5 Å². The number of carboxylic acids is 1. The van der Waals surface area contributed by atoms with Crippen LogP contribution in [0.3, 0.4) is 0 Å². The van der Waals surface area contributed by atoms with Gasteiger partial charge in [0, 0.05) is 24.1 Å². The number of methoxy groups -OCH3 is 1. The van der Waals surface area contributed by atoms with E-state index in [1.165, 1.54) is 6.08 Å². The third-order valence-electron chi connectivity index (χ3n) is 3.79. The predicted molar refractivity (Wildman–Crippen MR) is 108 cm³/mol. The molecule has 0 atom stereocenters. The van der Waals surface area contributed by atoms with Crippen LogP contribution in [0.4, 0.5) is 0 Å². The Bertz CT molecular complexity index is 833. The fraction of sp³-hybridized carbons (Fsp3) is 0.238. The second-order valence-electron chi connectivity index (χ2n) is 5.95. The number of amides is 1. The fourth-order valence-electron chi connectivity index (χ4n) is 2.33. The van der Waals surface area contributed by atoms with Crippen molar-refractivity contribution in [2.75, 3.05) is 13.7 Å². The van der Waals surface area contributed by atoms with Crippen LogP contribution < -0.4 is 14.8 Å². The Morgan fingerprint density at radius 1 is 1.14 bits per heavy atom. The number of ether oxygens (including phenoxy) is 2. The Kier molecular flexibility index (Phi) is 8.37. The quantitative estimate of drug-likeness (QED) is 0.464. The number of aliphatic carboxylic acids is 1. The summed E-state index contributed by atoms with van der Waals surface area (Å²) in [6.45, 7) is 0.692. The van der Waals surface area contributed by atoms with Crippen LogP contribution in [0.25, 0.3) is 6.08 Å². The van der Waals surface area contributed by atoms with Gasteiger partial charge in [0.2, 0.25) is 5.91 Å². The van der Waals surface area contributed by atoms with Gasteiger partial charge < -0.3 is 19.9 Å². The van der Waals surface area contributed by atoms with Crippen molar-refractivity contribution >= 4 is 29.6 Å². The monoisotopic (exact) mass is 403 g/mol. The third kappa shape index (κ3) is 7.32. The molecular formula is C21H22ClNO5. The third-order valence-corrected chi connectivity index (χ3v) is 4.04. The summed E-state index contributed by atoms with van der Waals surface area (Å²) in [7, 11) is 1.55. The smallest absolute Gasteiger partial charge is 0.303 e. The molecule has 2 aromatic carbocycles. The summed E-state index contributed by atoms with van der Waals surface area (Å²) in [5.41, 5.74) is 1.76. The van der Waals surface area contributed by atoms with Crippen LogP contribution in [0.15, 0.2) is 48.5 Å². The van der Waals surface area contributed by atoms with Gasteiger partial charge in [-0.3, -0.25) is 9.59 Å². The molecule has 28 heavy (non-hydrogen) atoms. The molecule has 0 radical (unpaired) electrons. The van der Waals surface area contributed by atoms with Crippen molar-refractivity contribution in [1.82, 2.24) is 5.32 Å². The molecule has 0 aliphatic carbocycles. The minimum absolute atomic E-state index is 0.0265. The average Bonchev–Trinajstić information content (AvgIpc) is 2.69. The zero-order chi connectivity index (χ0) is 20.4. The molecule has 2 rings (SSSR count). The molecule has 7 heteroatoms. The Balaban J connectivity index is 1.91. The lowest BCUT2D eigenvalue weighted by atomic mass is 10.2. The number of hydrogen-bond acceptors (Lipinski definition) is 4. The van der Waals surface area contributed by atoms with E-state index in [2.05, 4.69) is 5.32 Å². The van der Waals surface area contributed by atoms with Gasteiger partial charge in [-0.15, -0.1) is 0 Å². The van der Waals surface area contributed by atoms with Gasteiger partial charge in [-0.05, 0) is 47.9 Å². The zero-order valence-corrected chi connectivity index (χ0v) is 16.2. The molecule has 0 spiro atoms. The van der Waals surface area contributed by atoms with E-state index < -0.39 is 5.97 Å². The van der Waals surface area contributed by atoms with E-state index in [1.807, 2.05) is 18.2 Å². The molecule has 0 aliphatic heterocycles. The summed E-state index contributed by atoms with van der Waals surface area (Å²) in [6.07, 6.45) is 3.46. The molecule has 0 heterocycles. The molecule has 2 N–H and O–H groups in total. The number of carbonyl (C=O) groups excluding carboxylic acids is 1. The Labute approximate surface area is 168 Å². The van der Waals surface area contributed by atoms with E-state index in [0.717, 1.165) is 11.1 Å². The van der Waals surface area contributed by atoms with Crippen molar-refractivity contribution in [2.45, 2.75) is 19.4 Å². The van der Waals surface area contributed by atoms with Crippen molar-refractivity contribution in [1.29, 1.82) is 0 Å². The van der Waals surface area contributed by atoms with Crippen LogP contribution in [-0.4, -0.2) is 30.6 Å². The molecule has 0 fully saturated rings. The number of carboxylic acid groups (broad SMARTS) is 1. The largest absolute Gasteiger partial charge is 0.493 e. The Hall–Kier alpha value is -2.99. The molecular weight excluding hydrogens is 382 g/mol. The summed E-state index contributed by atoms with van der Waals surface area (Å²) in [5, 5.41) is 11.9. The van der Waals surface area contributed by atoms with Gasteiger partial charge in [0.1, 0.15) is 6.61 Å². The first kappa shape index (κ1) is 21.3. The average molecular weight is 404 g/mol. The Morgan fingerprint density at radius 3 is 2.57 bits per heavy atom. The minimum Gasteiger partial charge on any atom is -0.493 e. The van der Waals surface area contributed by atoms with Crippen LogP contribution in [0, 0.1) is 0 Å². The SMILES string of the molecule is COc1cc(/C=C/C(=O)NCCCC(=O)O)ccc1OCc1ccc(Cl)cc1. The van der Waals surface area contributed by atoms with Crippen molar-refractivity contribution in [2.24, 2.45) is 0 Å². The van der Waals surface area contributed by atoms with Gasteiger partial charge in [-0.1, -0.05) is 29.8 Å². The van der Waals surface area contributed by atoms with Gasteiger partial charge in [-0.25, -0.2) is 0 Å². The molecule has 0 aliphatic rings. The number of benzene rings is 2. The van der Waals surface area contributed by atoms with Crippen LogP contribution in [0.5, 0.6) is 11.5 Å². The van der Waals surface area contributed by atoms with E-state index in [4.69, 9.17) is 26.2 Å². The number of halogens is 1. The molecule has 0 bridgehead atoms. The number of rotatable bonds is 10. The molecule has 0 unspecified atom stereocenters. The normalized spacial score (nSPS) is 10.6. The Morgan fingerprint density at radius 2 is 1.89 bits per heavy atom. The fourth-order valence-corrected chi connectivity index (χ4v) is 2.46. The maximum Gasteiger partial charge on any atom is 0.303 e. The highest BCUT2D eigenvalue weighted by molar-refractivity contribution is 6.30. The molecule has 0 saturated carbocycles. The highest BCUT2D eigenvalue weighted by Gasteiger charge is 2.06. The predicted octanol–water partition coefficient (Wildman–Crippen LogP) is 3.92. The van der Waals surface area contributed by atoms with E-state index in [0.29, 0.717) is 36.1 Å². The second kappa shape index (κ2) is 11.0. The number of nitrogens with one attached hydrogen (secondary N) is 1. The van der Waals surface area contributed by atoms with Crippen molar-refractivity contribution in [3.8, 4) is 11.5 Å². The van der Waals surface area contributed by atoms with Crippen LogP contribution >= 0.6 is 11.6 Å². The van der Waals surface area contributed by atoms with Crippen LogP contribution in [0.2, 0.25) is 5.02 Å². The lowest BCUT2D eigenvalue weighted by Crippen LogP contribution is -2.22. The maximum atomic E-state index is 11.8. The van der Waals surface area contributed by atoms with E-state index in [-0.39, 0.29) is 12.3 Å². The highest BCUT2D eigenvalue weighted by Crippen LogP contribution is 2.29. The summed E-state index contributed by atoms with van der Waals surface area (Å²) in [4.78, 5) is 22.2. The van der Waals surface area contributed by atoms with Gasteiger partial charge in [-0.2, -0.15) is 0 Å². The molecule has 0 saturated heterocycles. The molecule has 148 valence electrons. The number of hydrogen-bond donors (Lipinski definition) is 2. The van der Waals surface area contributed by atoms with Gasteiger partial charge >= 0.3 is 5.97 Å². The lowest BCUT2D eigenvalue weighted by molar-refractivity contribution is -0.137. The molecule has 6 nitrogen and oxygen atoms in total. The first-order valence-electron chi connectivity index (χ1n) is 8.71. The second-order valence-corrected chi connectivity index (χ2v) is 6.38. The van der Waals surface area contributed by atoms with E-state index >= 15 is 0 Å². The molecule has 1 amide bonds. The summed E-state index contributed by atoms with van der Waals surface area (Å²) in [5.74, 6) is -0.0200. The zero-order valence-electron chi connectivity index (χ0n) is 15.5. The first-order valence-corrected chi connectivity index (χ1v) is 9.08. The van der Waals surface area contributed by atoms with Crippen molar-refractivity contribution < 1.29 is 24.2 Å². The first-order chi connectivity index (χ1) is 13.5. The maximum absolute atomic E-state index is 11.8. The van der Waals surface area contributed by atoms with Crippen LogP contribution in [-0.2, 0) is 16.2 Å². The van der Waals surface area contributed by atoms with Gasteiger partial charge in [0.25, 0.3) is 0 Å². The van der Waals surface area contributed by atoms with Gasteiger partial charge in [0.05, 0.1) is 7.11 Å².